The third-order valence-corrected chi connectivity index (χ3v) is 5.89. The van der Waals surface area contributed by atoms with Crippen LogP contribution in [0.1, 0.15) is 12.6 Å². The third-order valence-electron chi connectivity index (χ3n) is 3.77. The average molecular weight is 446 g/mol. The Kier molecular flexibility index (Phi) is 5.77. The van der Waals surface area contributed by atoms with Crippen LogP contribution in [-0.4, -0.2) is 40.8 Å². The summed E-state index contributed by atoms with van der Waals surface area (Å²) in [4.78, 5) is 17.5. The van der Waals surface area contributed by atoms with Gasteiger partial charge >= 0.3 is 12.1 Å². The standard InChI is InChI=1S/C15H13ClF5N3O3S/c1-3-28(26,27)9-4-5-11(25)23-12(9)13-22-7-8(24(13)2)6-10(16)14(17,18)15(19,20)21/h4-7H,3H2,1-2H3,(H,23,25)/b10-6-. The van der Waals surface area contributed by atoms with Crippen LogP contribution in [0.3, 0.4) is 0 Å². The minimum absolute atomic E-state index is 0.171. The molecule has 0 aliphatic heterocycles. The van der Waals surface area contributed by atoms with E-state index >= 15 is 0 Å². The number of aromatic nitrogens is 3. The average Bonchev–Trinajstić information content (AvgIpc) is 2.94. The number of nitrogens with zero attached hydrogens (tertiary/aromatic N) is 2. The minimum atomic E-state index is -5.89. The van der Waals surface area contributed by atoms with Crippen molar-refractivity contribution in [3.63, 3.8) is 0 Å². The summed E-state index contributed by atoms with van der Waals surface area (Å²) in [6.45, 7) is 1.37. The molecule has 2 aromatic heterocycles. The van der Waals surface area contributed by atoms with E-state index in [9.17, 15) is 35.2 Å². The van der Waals surface area contributed by atoms with Crippen molar-refractivity contribution in [1.82, 2.24) is 14.5 Å². The first kappa shape index (κ1) is 22.1. The summed E-state index contributed by atoms with van der Waals surface area (Å²) < 4.78 is 89.4. The van der Waals surface area contributed by atoms with Crippen LogP contribution < -0.4 is 5.56 Å². The lowest BCUT2D eigenvalue weighted by atomic mass is 10.2. The molecule has 0 saturated heterocycles. The first-order valence-corrected chi connectivity index (χ1v) is 9.55. The van der Waals surface area contributed by atoms with Crippen LogP contribution in [-0.2, 0) is 16.9 Å². The van der Waals surface area contributed by atoms with Crippen LogP contribution in [0.25, 0.3) is 17.6 Å². The number of sulfone groups is 1. The van der Waals surface area contributed by atoms with Gasteiger partial charge in [-0.15, -0.1) is 0 Å². The highest BCUT2D eigenvalue weighted by atomic mass is 35.5. The number of hydrogen-bond acceptors (Lipinski definition) is 4. The number of pyridine rings is 1. The number of rotatable bonds is 5. The Morgan fingerprint density at radius 2 is 1.89 bits per heavy atom. The zero-order valence-electron chi connectivity index (χ0n) is 14.3. The topological polar surface area (TPSA) is 84.8 Å². The number of imidazole rings is 1. The Labute approximate surface area is 160 Å². The summed E-state index contributed by atoms with van der Waals surface area (Å²) in [5.74, 6) is -5.75. The van der Waals surface area contributed by atoms with E-state index in [2.05, 4.69) is 9.97 Å². The Morgan fingerprint density at radius 3 is 2.43 bits per heavy atom. The largest absolute Gasteiger partial charge is 0.459 e. The van der Waals surface area contributed by atoms with Crippen molar-refractivity contribution in [2.45, 2.75) is 23.9 Å². The summed E-state index contributed by atoms with van der Waals surface area (Å²) in [5.41, 5.74) is -1.16. The Balaban J connectivity index is 2.64. The molecule has 0 aliphatic rings. The van der Waals surface area contributed by atoms with E-state index in [1.54, 1.807) is 0 Å². The van der Waals surface area contributed by atoms with Crippen LogP contribution in [0.5, 0.6) is 0 Å². The van der Waals surface area contributed by atoms with Gasteiger partial charge < -0.3 is 9.55 Å². The van der Waals surface area contributed by atoms with Gasteiger partial charge in [0.15, 0.2) is 15.7 Å². The summed E-state index contributed by atoms with van der Waals surface area (Å²) in [7, 11) is -2.57. The van der Waals surface area contributed by atoms with Gasteiger partial charge in [-0.1, -0.05) is 18.5 Å². The van der Waals surface area contributed by atoms with E-state index in [-0.39, 0.29) is 27.9 Å². The molecule has 0 amide bonds. The van der Waals surface area contributed by atoms with Crippen LogP contribution in [0.4, 0.5) is 22.0 Å². The fourth-order valence-corrected chi connectivity index (χ4v) is 3.45. The molecular weight excluding hydrogens is 433 g/mol. The van der Waals surface area contributed by atoms with Crippen molar-refractivity contribution in [2.75, 3.05) is 5.75 Å². The smallest absolute Gasteiger partial charge is 0.326 e. The highest BCUT2D eigenvalue weighted by Crippen LogP contribution is 2.43. The van der Waals surface area contributed by atoms with Gasteiger partial charge in [-0.2, -0.15) is 22.0 Å². The first-order chi connectivity index (χ1) is 12.7. The van der Waals surface area contributed by atoms with Crippen molar-refractivity contribution in [1.29, 1.82) is 0 Å². The van der Waals surface area contributed by atoms with Crippen LogP contribution in [0, 0.1) is 0 Å². The van der Waals surface area contributed by atoms with Crippen LogP contribution in [0.2, 0.25) is 0 Å². The molecule has 0 fully saturated rings. The summed E-state index contributed by atoms with van der Waals surface area (Å²) in [6.07, 6.45) is -4.62. The number of allylic oxidation sites excluding steroid dienone is 1. The number of H-pyrrole nitrogens is 1. The highest BCUT2D eigenvalue weighted by molar-refractivity contribution is 7.91. The second kappa shape index (κ2) is 7.32. The molecule has 13 heteroatoms. The molecule has 2 heterocycles. The predicted molar refractivity (Wildman–Crippen MR) is 91.8 cm³/mol. The van der Waals surface area contributed by atoms with Crippen molar-refractivity contribution in [3.8, 4) is 11.5 Å². The number of aromatic amines is 1. The highest BCUT2D eigenvalue weighted by Gasteiger charge is 2.59. The normalized spacial score (nSPS) is 13.8. The molecule has 1 N–H and O–H groups in total. The minimum Gasteiger partial charge on any atom is -0.326 e. The molecule has 0 bridgehead atoms. The second-order valence-electron chi connectivity index (χ2n) is 5.60. The van der Waals surface area contributed by atoms with Gasteiger partial charge in [-0.25, -0.2) is 13.4 Å². The first-order valence-electron chi connectivity index (χ1n) is 7.52. The molecule has 0 aliphatic carbocycles. The molecule has 154 valence electrons. The maximum Gasteiger partial charge on any atom is 0.459 e. The van der Waals surface area contributed by atoms with Gasteiger partial charge in [-0.05, 0) is 12.1 Å². The molecular formula is C15H13ClF5N3O3S. The van der Waals surface area contributed by atoms with Crippen molar-refractivity contribution >= 4 is 27.5 Å². The molecule has 0 spiro atoms. The van der Waals surface area contributed by atoms with Gasteiger partial charge in [0.25, 0.3) is 0 Å². The molecule has 2 rings (SSSR count). The van der Waals surface area contributed by atoms with Crippen LogP contribution >= 0.6 is 11.6 Å². The fourth-order valence-electron chi connectivity index (χ4n) is 2.19. The molecule has 2 aromatic rings. The lowest BCUT2D eigenvalue weighted by Gasteiger charge is -2.18. The maximum atomic E-state index is 13.3. The van der Waals surface area contributed by atoms with Gasteiger partial charge in [0.05, 0.1) is 27.6 Å². The van der Waals surface area contributed by atoms with E-state index in [4.69, 9.17) is 11.6 Å². The SMILES string of the molecule is CCS(=O)(=O)c1ccc(=O)[nH]c1-c1ncc(/C=C(\Cl)C(F)(F)C(F)(F)F)n1C. The molecule has 0 unspecified atom stereocenters. The van der Waals surface area contributed by atoms with Crippen molar-refractivity contribution < 1.29 is 30.4 Å². The van der Waals surface area contributed by atoms with E-state index < -0.39 is 32.5 Å². The van der Waals surface area contributed by atoms with Gasteiger partial charge in [0, 0.05) is 13.1 Å². The van der Waals surface area contributed by atoms with E-state index in [1.165, 1.54) is 14.0 Å². The van der Waals surface area contributed by atoms with Crippen LogP contribution in [0.15, 0.2) is 33.1 Å². The summed E-state index contributed by atoms with van der Waals surface area (Å²) in [5, 5.41) is -1.79. The Bertz CT molecular complexity index is 1090. The zero-order valence-corrected chi connectivity index (χ0v) is 15.9. The lowest BCUT2D eigenvalue weighted by Crippen LogP contribution is -2.36. The predicted octanol–water partition coefficient (Wildman–Crippen LogP) is 3.35. The fraction of sp³-hybridized carbons (Fsp3) is 0.333. The number of nitrogens with one attached hydrogen (secondary N) is 1. The van der Waals surface area contributed by atoms with E-state index in [1.807, 2.05) is 0 Å². The second-order valence-corrected chi connectivity index (χ2v) is 8.25. The van der Waals surface area contributed by atoms with E-state index in [0.717, 1.165) is 22.9 Å². The third kappa shape index (κ3) is 3.97. The summed E-state index contributed by atoms with van der Waals surface area (Å²) >= 11 is 5.17. The van der Waals surface area contributed by atoms with E-state index in [0.29, 0.717) is 6.08 Å². The molecule has 0 radical (unpaired) electrons. The molecule has 0 saturated carbocycles. The number of alkyl halides is 5. The summed E-state index contributed by atoms with van der Waals surface area (Å²) in [6, 6.07) is 2.04. The molecule has 28 heavy (non-hydrogen) atoms. The van der Waals surface area contributed by atoms with Gasteiger partial charge in [0.2, 0.25) is 5.56 Å². The number of halogens is 6. The van der Waals surface area contributed by atoms with Crippen molar-refractivity contribution in [3.05, 3.63) is 39.4 Å². The quantitative estimate of drug-likeness (QED) is 0.715. The number of hydrogen-bond donors (Lipinski definition) is 1. The molecule has 0 atom stereocenters. The molecule has 0 aromatic carbocycles. The van der Waals surface area contributed by atoms with Gasteiger partial charge in [0.1, 0.15) is 5.69 Å². The Morgan fingerprint density at radius 1 is 1.29 bits per heavy atom. The lowest BCUT2D eigenvalue weighted by molar-refractivity contribution is -0.261. The maximum absolute atomic E-state index is 13.3. The molecule has 6 nitrogen and oxygen atoms in total. The Hall–Kier alpha value is -2.21. The van der Waals surface area contributed by atoms with Gasteiger partial charge in [-0.3, -0.25) is 4.79 Å². The zero-order chi connectivity index (χ0) is 21.5. The van der Waals surface area contributed by atoms with Crippen molar-refractivity contribution in [2.24, 2.45) is 7.05 Å². The monoisotopic (exact) mass is 445 g/mol.